The first-order valence-electron chi connectivity index (χ1n) is 5.90. The summed E-state index contributed by atoms with van der Waals surface area (Å²) in [5.41, 5.74) is 7.11. The van der Waals surface area contributed by atoms with Crippen molar-refractivity contribution in [3.63, 3.8) is 0 Å². The van der Waals surface area contributed by atoms with Crippen LogP contribution in [-0.2, 0) is 6.61 Å². The molecule has 1 aromatic heterocycles. The molecule has 0 amide bonds. The number of hydrogen-bond acceptors (Lipinski definition) is 4. The maximum atomic E-state index is 9.34. The van der Waals surface area contributed by atoms with Crippen molar-refractivity contribution in [1.82, 2.24) is 0 Å². The average Bonchev–Trinajstić information content (AvgIpc) is 2.78. The van der Waals surface area contributed by atoms with Gasteiger partial charge in [-0.1, -0.05) is 6.07 Å². The molecule has 0 spiro atoms. The van der Waals surface area contributed by atoms with Gasteiger partial charge in [-0.3, -0.25) is 0 Å². The van der Waals surface area contributed by atoms with Gasteiger partial charge in [-0.25, -0.2) is 0 Å². The minimum absolute atomic E-state index is 0.176. The molecule has 0 unspecified atom stereocenters. The predicted molar refractivity (Wildman–Crippen MR) is 73.1 cm³/mol. The molecule has 96 valence electrons. The molecule has 3 N–H and O–H groups in total. The number of nitrogen functional groups attached to an aromatic ring is 1. The van der Waals surface area contributed by atoms with Crippen molar-refractivity contribution in [2.24, 2.45) is 0 Å². The van der Waals surface area contributed by atoms with Gasteiger partial charge in [0.2, 0.25) is 0 Å². The Morgan fingerprint density at radius 1 is 1.11 bits per heavy atom. The minimum Gasteiger partial charge on any atom is -0.508 e. The van der Waals surface area contributed by atoms with Gasteiger partial charge >= 0.3 is 0 Å². The first kappa shape index (κ1) is 11.5. The highest BCUT2D eigenvalue weighted by Crippen LogP contribution is 2.24. The minimum atomic E-state index is 0.176. The van der Waals surface area contributed by atoms with Crippen LogP contribution < -0.4 is 10.5 Å². The Kier molecular flexibility index (Phi) is 2.76. The zero-order valence-corrected chi connectivity index (χ0v) is 10.2. The molecule has 0 radical (unpaired) electrons. The number of fused-ring (bicyclic) bond motifs is 1. The van der Waals surface area contributed by atoms with E-state index in [2.05, 4.69) is 0 Å². The van der Waals surface area contributed by atoms with Gasteiger partial charge < -0.3 is 20.0 Å². The standard InChI is InChI=1S/C15H13NO3/c16-11-5-4-10-6-14(19-15(10)7-11)9-18-13-3-1-2-12(17)8-13/h1-8,17H,9,16H2. The number of aromatic hydroxyl groups is 1. The maximum Gasteiger partial charge on any atom is 0.146 e. The van der Waals surface area contributed by atoms with E-state index >= 15 is 0 Å². The van der Waals surface area contributed by atoms with E-state index in [1.165, 1.54) is 0 Å². The van der Waals surface area contributed by atoms with Crippen molar-refractivity contribution < 1.29 is 14.3 Å². The Labute approximate surface area is 110 Å². The molecule has 0 bridgehead atoms. The van der Waals surface area contributed by atoms with E-state index in [1.807, 2.05) is 18.2 Å². The first-order chi connectivity index (χ1) is 9.20. The Hall–Kier alpha value is -2.62. The fourth-order valence-electron chi connectivity index (χ4n) is 1.90. The molecule has 0 saturated carbocycles. The second-order valence-corrected chi connectivity index (χ2v) is 4.30. The molecule has 0 fully saturated rings. The number of anilines is 1. The lowest BCUT2D eigenvalue weighted by Crippen LogP contribution is -1.92. The van der Waals surface area contributed by atoms with E-state index in [4.69, 9.17) is 14.9 Å². The lowest BCUT2D eigenvalue weighted by atomic mass is 10.2. The summed E-state index contributed by atoms with van der Waals surface area (Å²) in [6, 6.07) is 14.1. The Morgan fingerprint density at radius 3 is 2.84 bits per heavy atom. The van der Waals surface area contributed by atoms with Gasteiger partial charge in [-0.2, -0.15) is 0 Å². The number of benzene rings is 2. The molecule has 0 saturated heterocycles. The summed E-state index contributed by atoms with van der Waals surface area (Å²) in [5, 5.41) is 10.3. The van der Waals surface area contributed by atoms with E-state index < -0.39 is 0 Å². The molecule has 0 aliphatic carbocycles. The zero-order valence-electron chi connectivity index (χ0n) is 10.2. The molecule has 1 heterocycles. The van der Waals surface area contributed by atoms with Gasteiger partial charge in [-0.05, 0) is 30.3 Å². The summed E-state index contributed by atoms with van der Waals surface area (Å²) in [4.78, 5) is 0. The number of ether oxygens (including phenoxy) is 1. The largest absolute Gasteiger partial charge is 0.508 e. The monoisotopic (exact) mass is 255 g/mol. The topological polar surface area (TPSA) is 68.6 Å². The van der Waals surface area contributed by atoms with E-state index in [0.29, 0.717) is 23.8 Å². The van der Waals surface area contributed by atoms with Gasteiger partial charge in [-0.15, -0.1) is 0 Å². The smallest absolute Gasteiger partial charge is 0.146 e. The van der Waals surface area contributed by atoms with E-state index in [9.17, 15) is 5.11 Å². The van der Waals surface area contributed by atoms with Crippen molar-refractivity contribution >= 4 is 16.7 Å². The summed E-state index contributed by atoms with van der Waals surface area (Å²) < 4.78 is 11.2. The van der Waals surface area contributed by atoms with Gasteiger partial charge in [0.05, 0.1) is 0 Å². The predicted octanol–water partition coefficient (Wildman–Crippen LogP) is 3.30. The maximum absolute atomic E-state index is 9.34. The zero-order chi connectivity index (χ0) is 13.2. The number of phenolic OH excluding ortho intramolecular Hbond substituents is 1. The normalized spacial score (nSPS) is 10.7. The Bertz CT molecular complexity index is 718. The van der Waals surface area contributed by atoms with Crippen molar-refractivity contribution in [2.45, 2.75) is 6.61 Å². The van der Waals surface area contributed by atoms with Gasteiger partial charge in [0.1, 0.15) is 29.4 Å². The van der Waals surface area contributed by atoms with Crippen LogP contribution in [0.25, 0.3) is 11.0 Å². The quantitative estimate of drug-likeness (QED) is 0.704. The highest BCUT2D eigenvalue weighted by Gasteiger charge is 2.05. The highest BCUT2D eigenvalue weighted by atomic mass is 16.5. The van der Waals surface area contributed by atoms with Crippen LogP contribution >= 0.6 is 0 Å². The van der Waals surface area contributed by atoms with Crippen LogP contribution in [0.3, 0.4) is 0 Å². The van der Waals surface area contributed by atoms with Gasteiger partial charge in [0.15, 0.2) is 0 Å². The Balaban J connectivity index is 1.78. The van der Waals surface area contributed by atoms with Crippen LogP contribution in [0.2, 0.25) is 0 Å². The van der Waals surface area contributed by atoms with Crippen LogP contribution in [0, 0.1) is 0 Å². The number of rotatable bonds is 3. The van der Waals surface area contributed by atoms with E-state index in [-0.39, 0.29) is 5.75 Å². The van der Waals surface area contributed by atoms with Crippen LogP contribution in [0.1, 0.15) is 5.76 Å². The van der Waals surface area contributed by atoms with Crippen molar-refractivity contribution in [2.75, 3.05) is 5.73 Å². The van der Waals surface area contributed by atoms with Crippen LogP contribution in [0.15, 0.2) is 52.9 Å². The fourth-order valence-corrected chi connectivity index (χ4v) is 1.90. The summed E-state index contributed by atoms with van der Waals surface area (Å²) in [6.45, 7) is 0.304. The summed E-state index contributed by atoms with van der Waals surface area (Å²) in [6.07, 6.45) is 0. The first-order valence-corrected chi connectivity index (χ1v) is 5.90. The fraction of sp³-hybridized carbons (Fsp3) is 0.0667. The molecule has 4 nitrogen and oxygen atoms in total. The third kappa shape index (κ3) is 2.47. The molecule has 4 heteroatoms. The highest BCUT2D eigenvalue weighted by molar-refractivity contribution is 5.81. The van der Waals surface area contributed by atoms with Crippen LogP contribution in [-0.4, -0.2) is 5.11 Å². The second kappa shape index (κ2) is 4.57. The molecule has 3 aromatic rings. The molecule has 2 aromatic carbocycles. The number of hydrogen-bond donors (Lipinski definition) is 2. The molecule has 3 rings (SSSR count). The second-order valence-electron chi connectivity index (χ2n) is 4.30. The molecule has 0 aliphatic heterocycles. The summed E-state index contributed by atoms with van der Waals surface area (Å²) in [5.74, 6) is 1.48. The van der Waals surface area contributed by atoms with Crippen molar-refractivity contribution in [3.05, 3.63) is 54.3 Å². The Morgan fingerprint density at radius 2 is 2.00 bits per heavy atom. The SMILES string of the molecule is Nc1ccc2cc(COc3cccc(O)c3)oc2c1. The summed E-state index contributed by atoms with van der Waals surface area (Å²) in [7, 11) is 0. The van der Waals surface area contributed by atoms with E-state index in [0.717, 1.165) is 11.0 Å². The molecule has 19 heavy (non-hydrogen) atoms. The van der Waals surface area contributed by atoms with E-state index in [1.54, 1.807) is 30.3 Å². The van der Waals surface area contributed by atoms with Crippen molar-refractivity contribution in [1.29, 1.82) is 0 Å². The third-order valence-electron chi connectivity index (χ3n) is 2.79. The van der Waals surface area contributed by atoms with Gasteiger partial charge in [0.25, 0.3) is 0 Å². The molecule has 0 atom stereocenters. The molecular formula is C15H13NO3. The summed E-state index contributed by atoms with van der Waals surface area (Å²) >= 11 is 0. The number of phenols is 1. The van der Waals surface area contributed by atoms with Crippen LogP contribution in [0.5, 0.6) is 11.5 Å². The van der Waals surface area contributed by atoms with Crippen molar-refractivity contribution in [3.8, 4) is 11.5 Å². The number of furan rings is 1. The van der Waals surface area contributed by atoms with Gasteiger partial charge in [0, 0.05) is 23.2 Å². The lowest BCUT2D eigenvalue weighted by Gasteiger charge is -2.03. The number of nitrogens with two attached hydrogens (primary N) is 1. The molecule has 0 aliphatic rings. The lowest BCUT2D eigenvalue weighted by molar-refractivity contribution is 0.273. The average molecular weight is 255 g/mol. The third-order valence-corrected chi connectivity index (χ3v) is 2.79. The molecular weight excluding hydrogens is 242 g/mol. The van der Waals surface area contributed by atoms with Crippen LogP contribution in [0.4, 0.5) is 5.69 Å².